The van der Waals surface area contributed by atoms with E-state index in [2.05, 4.69) is 10.2 Å². The number of esters is 1. The molecule has 1 saturated heterocycles. The Kier molecular flexibility index (Phi) is 6.90. The molecule has 0 aliphatic carbocycles. The molecule has 1 aliphatic rings. The number of carbonyl (C=O) groups excluding carboxylic acids is 3. The molecule has 1 fully saturated rings. The first kappa shape index (κ1) is 21.2. The van der Waals surface area contributed by atoms with Crippen molar-refractivity contribution in [2.75, 3.05) is 50.1 Å². The number of nitrogens with one attached hydrogen (secondary N) is 1. The van der Waals surface area contributed by atoms with E-state index >= 15 is 0 Å². The third-order valence-electron chi connectivity index (χ3n) is 4.84. The lowest BCUT2D eigenvalue weighted by molar-refractivity contribution is -0.143. The van der Waals surface area contributed by atoms with Crippen LogP contribution in [0.1, 0.15) is 17.3 Å². The van der Waals surface area contributed by atoms with E-state index < -0.39 is 17.8 Å². The third kappa shape index (κ3) is 4.89. The number of ether oxygens (including phenoxy) is 2. The quantitative estimate of drug-likeness (QED) is 0.599. The van der Waals surface area contributed by atoms with Crippen LogP contribution in [0, 0.1) is 0 Å². The molecule has 1 heterocycles. The Morgan fingerprint density at radius 1 is 0.967 bits per heavy atom. The van der Waals surface area contributed by atoms with Crippen LogP contribution in [0.3, 0.4) is 0 Å². The Morgan fingerprint density at radius 3 is 2.27 bits per heavy atom. The van der Waals surface area contributed by atoms with Crippen molar-refractivity contribution in [2.24, 2.45) is 0 Å². The second kappa shape index (κ2) is 9.78. The highest BCUT2D eigenvalue weighted by molar-refractivity contribution is 6.39. The van der Waals surface area contributed by atoms with Gasteiger partial charge in [-0.05, 0) is 43.3 Å². The van der Waals surface area contributed by atoms with Gasteiger partial charge >= 0.3 is 17.8 Å². The molecule has 2 amide bonds. The summed E-state index contributed by atoms with van der Waals surface area (Å²) in [6.45, 7) is 4.10. The van der Waals surface area contributed by atoms with Crippen molar-refractivity contribution in [3.8, 4) is 5.75 Å². The normalized spacial score (nSPS) is 13.5. The molecule has 0 bridgehead atoms. The fraction of sp³-hybridized carbons (Fsp3) is 0.318. The maximum absolute atomic E-state index is 12.5. The molecule has 2 aromatic carbocycles. The van der Waals surface area contributed by atoms with Gasteiger partial charge in [-0.25, -0.2) is 4.79 Å². The number of carbonyl (C=O) groups is 3. The van der Waals surface area contributed by atoms with Crippen LogP contribution >= 0.6 is 0 Å². The topological polar surface area (TPSA) is 88.2 Å². The highest BCUT2D eigenvalue weighted by Gasteiger charge is 2.27. The smallest absolute Gasteiger partial charge is 0.338 e. The number of amides is 2. The molecule has 30 heavy (non-hydrogen) atoms. The summed E-state index contributed by atoms with van der Waals surface area (Å²) in [4.78, 5) is 40.2. The van der Waals surface area contributed by atoms with Crippen LogP contribution in [0.2, 0.25) is 0 Å². The van der Waals surface area contributed by atoms with Gasteiger partial charge in [-0.3, -0.25) is 9.59 Å². The second-order valence-electron chi connectivity index (χ2n) is 6.70. The molecule has 0 radical (unpaired) electrons. The largest absolute Gasteiger partial charge is 0.495 e. The zero-order valence-electron chi connectivity index (χ0n) is 17.1. The predicted octanol–water partition coefficient (Wildman–Crippen LogP) is 2.16. The third-order valence-corrected chi connectivity index (χ3v) is 4.84. The van der Waals surface area contributed by atoms with Crippen LogP contribution in [0.5, 0.6) is 5.75 Å². The SMILES string of the molecule is CCOC(=O)c1ccc(NC(=O)C(=O)N2CCN(c3ccccc3OC)CC2)cc1. The van der Waals surface area contributed by atoms with Crippen LogP contribution in [0.25, 0.3) is 0 Å². The molecule has 0 saturated carbocycles. The van der Waals surface area contributed by atoms with Crippen LogP contribution in [0.15, 0.2) is 48.5 Å². The maximum atomic E-state index is 12.5. The van der Waals surface area contributed by atoms with Crippen molar-refractivity contribution >= 4 is 29.2 Å². The number of piperazine rings is 1. The van der Waals surface area contributed by atoms with Gasteiger partial charge in [0.2, 0.25) is 0 Å². The average molecular weight is 411 g/mol. The van der Waals surface area contributed by atoms with Crippen LogP contribution < -0.4 is 15.0 Å². The van der Waals surface area contributed by atoms with Gasteiger partial charge in [-0.2, -0.15) is 0 Å². The molecule has 2 aromatic rings. The first-order valence-corrected chi connectivity index (χ1v) is 9.79. The van der Waals surface area contributed by atoms with E-state index in [0.717, 1.165) is 11.4 Å². The van der Waals surface area contributed by atoms with Gasteiger partial charge in [-0.15, -0.1) is 0 Å². The van der Waals surface area contributed by atoms with E-state index in [1.54, 1.807) is 38.3 Å². The molecule has 0 unspecified atom stereocenters. The minimum atomic E-state index is -0.704. The van der Waals surface area contributed by atoms with Gasteiger partial charge in [0.1, 0.15) is 5.75 Å². The van der Waals surface area contributed by atoms with Gasteiger partial charge < -0.3 is 24.6 Å². The summed E-state index contributed by atoms with van der Waals surface area (Å²) < 4.78 is 10.3. The number of rotatable bonds is 5. The number of benzene rings is 2. The summed E-state index contributed by atoms with van der Waals surface area (Å²) in [6.07, 6.45) is 0. The standard InChI is InChI=1S/C22H25N3O5/c1-3-30-22(28)16-8-10-17(11-9-16)23-20(26)21(27)25-14-12-24(13-15-25)18-6-4-5-7-19(18)29-2/h4-11H,3,12-15H2,1-2H3,(H,23,26). The minimum absolute atomic E-state index is 0.288. The van der Waals surface area contributed by atoms with E-state index in [-0.39, 0.29) is 6.61 Å². The lowest BCUT2D eigenvalue weighted by Gasteiger charge is -2.36. The van der Waals surface area contributed by atoms with Crippen molar-refractivity contribution in [1.29, 1.82) is 0 Å². The number of anilines is 2. The number of nitrogens with zero attached hydrogens (tertiary/aromatic N) is 2. The molecule has 3 rings (SSSR count). The Balaban J connectivity index is 1.55. The van der Waals surface area contributed by atoms with Crippen molar-refractivity contribution in [3.05, 3.63) is 54.1 Å². The van der Waals surface area contributed by atoms with Crippen molar-refractivity contribution in [1.82, 2.24) is 4.90 Å². The summed E-state index contributed by atoms with van der Waals surface area (Å²) in [5, 5.41) is 2.58. The monoisotopic (exact) mass is 411 g/mol. The molecule has 8 nitrogen and oxygen atoms in total. The molecular formula is C22H25N3O5. The Bertz CT molecular complexity index is 905. The van der Waals surface area contributed by atoms with Crippen molar-refractivity contribution in [2.45, 2.75) is 6.92 Å². The van der Waals surface area contributed by atoms with E-state index in [4.69, 9.17) is 9.47 Å². The second-order valence-corrected chi connectivity index (χ2v) is 6.70. The molecular weight excluding hydrogens is 386 g/mol. The minimum Gasteiger partial charge on any atom is -0.495 e. The van der Waals surface area contributed by atoms with Crippen LogP contribution in [0.4, 0.5) is 11.4 Å². The molecule has 0 atom stereocenters. The lowest BCUT2D eigenvalue weighted by Crippen LogP contribution is -2.51. The van der Waals surface area contributed by atoms with E-state index in [1.807, 2.05) is 24.3 Å². The fourth-order valence-electron chi connectivity index (χ4n) is 3.27. The first-order valence-electron chi connectivity index (χ1n) is 9.79. The summed E-state index contributed by atoms with van der Waals surface area (Å²) in [6, 6.07) is 13.9. The maximum Gasteiger partial charge on any atom is 0.338 e. The van der Waals surface area contributed by atoms with Gasteiger partial charge in [0, 0.05) is 31.9 Å². The van der Waals surface area contributed by atoms with Crippen molar-refractivity contribution in [3.63, 3.8) is 0 Å². The highest BCUT2D eigenvalue weighted by atomic mass is 16.5. The fourth-order valence-corrected chi connectivity index (χ4v) is 3.27. The lowest BCUT2D eigenvalue weighted by atomic mass is 10.2. The molecule has 158 valence electrons. The molecule has 0 aromatic heterocycles. The number of methoxy groups -OCH3 is 1. The Labute approximate surface area is 175 Å². The van der Waals surface area contributed by atoms with Gasteiger partial charge in [0.25, 0.3) is 0 Å². The van der Waals surface area contributed by atoms with Crippen LogP contribution in [-0.2, 0) is 14.3 Å². The number of hydrogen-bond donors (Lipinski definition) is 1. The average Bonchev–Trinajstić information content (AvgIpc) is 2.79. The van der Waals surface area contributed by atoms with E-state index in [0.29, 0.717) is 37.4 Å². The van der Waals surface area contributed by atoms with Crippen LogP contribution in [-0.4, -0.2) is 62.6 Å². The van der Waals surface area contributed by atoms with E-state index in [1.165, 1.54) is 4.90 Å². The molecule has 0 spiro atoms. The van der Waals surface area contributed by atoms with Gasteiger partial charge in [0.05, 0.1) is 25.0 Å². The summed E-state index contributed by atoms with van der Waals surface area (Å²) in [5.41, 5.74) is 1.79. The number of hydrogen-bond acceptors (Lipinski definition) is 6. The Morgan fingerprint density at radius 2 is 1.63 bits per heavy atom. The zero-order valence-corrected chi connectivity index (χ0v) is 17.1. The molecule has 1 aliphatic heterocycles. The predicted molar refractivity (Wildman–Crippen MR) is 113 cm³/mol. The first-order chi connectivity index (χ1) is 14.5. The van der Waals surface area contributed by atoms with Gasteiger partial charge in [0.15, 0.2) is 0 Å². The van der Waals surface area contributed by atoms with Crippen molar-refractivity contribution < 1.29 is 23.9 Å². The number of para-hydroxylation sites is 2. The van der Waals surface area contributed by atoms with Gasteiger partial charge in [-0.1, -0.05) is 12.1 Å². The molecule has 8 heteroatoms. The summed E-state index contributed by atoms with van der Waals surface area (Å²) in [7, 11) is 1.63. The highest BCUT2D eigenvalue weighted by Crippen LogP contribution is 2.28. The summed E-state index contributed by atoms with van der Waals surface area (Å²) in [5.74, 6) is -0.936. The zero-order chi connectivity index (χ0) is 21.5. The summed E-state index contributed by atoms with van der Waals surface area (Å²) >= 11 is 0. The van der Waals surface area contributed by atoms with E-state index in [9.17, 15) is 14.4 Å². The molecule has 1 N–H and O–H groups in total. The Hall–Kier alpha value is -3.55.